The van der Waals surface area contributed by atoms with Crippen molar-refractivity contribution in [2.75, 3.05) is 0 Å². The van der Waals surface area contributed by atoms with Crippen LogP contribution in [-0.4, -0.2) is 23.9 Å². The van der Waals surface area contributed by atoms with Gasteiger partial charge in [0.15, 0.2) is 0 Å². The Morgan fingerprint density at radius 2 is 1.57 bits per heavy atom. The highest BCUT2D eigenvalue weighted by Crippen LogP contribution is 2.38. The predicted octanol–water partition coefficient (Wildman–Crippen LogP) is 1.72. The molecule has 0 unspecified atom stereocenters. The van der Waals surface area contributed by atoms with Crippen molar-refractivity contribution >= 4 is 29.5 Å². The Kier molecular flexibility index (Phi) is 2.54. The van der Waals surface area contributed by atoms with E-state index in [1.807, 2.05) is 0 Å². The SMILES string of the molecule is C=C1CC2=C(C=C1c1ccc3c(c1)C(=O)OC3=O)C(=O)OC2=O. The lowest BCUT2D eigenvalue weighted by atomic mass is 9.85. The maximum Gasteiger partial charge on any atom is 0.346 e. The lowest BCUT2D eigenvalue weighted by Crippen LogP contribution is -2.05. The third kappa shape index (κ3) is 1.81. The molecule has 4 rings (SSSR count). The summed E-state index contributed by atoms with van der Waals surface area (Å²) in [6.07, 6.45) is 1.73. The molecule has 2 aliphatic heterocycles. The van der Waals surface area contributed by atoms with Crippen molar-refractivity contribution in [3.63, 3.8) is 0 Å². The third-order valence-electron chi connectivity index (χ3n) is 3.99. The zero-order valence-electron chi connectivity index (χ0n) is 11.7. The van der Waals surface area contributed by atoms with Gasteiger partial charge in [-0.2, -0.15) is 0 Å². The van der Waals surface area contributed by atoms with Crippen LogP contribution in [0.3, 0.4) is 0 Å². The van der Waals surface area contributed by atoms with E-state index in [0.717, 1.165) is 0 Å². The molecule has 6 heteroatoms. The molecule has 0 aromatic heterocycles. The van der Waals surface area contributed by atoms with E-state index in [4.69, 9.17) is 0 Å². The molecule has 23 heavy (non-hydrogen) atoms. The average Bonchev–Trinajstić information content (AvgIpc) is 2.95. The van der Waals surface area contributed by atoms with Crippen molar-refractivity contribution in [3.05, 3.63) is 64.3 Å². The molecular formula is C17H8O6. The summed E-state index contributed by atoms with van der Waals surface area (Å²) in [6, 6.07) is 4.66. The van der Waals surface area contributed by atoms with E-state index in [1.54, 1.807) is 6.07 Å². The van der Waals surface area contributed by atoms with Crippen LogP contribution in [0.25, 0.3) is 5.57 Å². The molecule has 1 aliphatic carbocycles. The van der Waals surface area contributed by atoms with Crippen LogP contribution in [0.1, 0.15) is 32.7 Å². The Hall–Kier alpha value is -3.28. The number of hydrogen-bond acceptors (Lipinski definition) is 6. The molecule has 6 nitrogen and oxygen atoms in total. The molecule has 0 saturated heterocycles. The van der Waals surface area contributed by atoms with Crippen LogP contribution in [0.15, 0.2) is 47.6 Å². The summed E-state index contributed by atoms with van der Waals surface area (Å²) in [5, 5.41) is 0. The number of hydrogen-bond donors (Lipinski definition) is 0. The molecule has 0 N–H and O–H groups in total. The Morgan fingerprint density at radius 3 is 2.35 bits per heavy atom. The third-order valence-corrected chi connectivity index (χ3v) is 3.99. The second-order valence-electron chi connectivity index (χ2n) is 5.34. The molecule has 1 aromatic carbocycles. The van der Waals surface area contributed by atoms with Gasteiger partial charge in [0.25, 0.3) is 0 Å². The van der Waals surface area contributed by atoms with Gasteiger partial charge in [-0.15, -0.1) is 0 Å². The zero-order valence-corrected chi connectivity index (χ0v) is 11.7. The standard InChI is InChI=1S/C17H8O6/c1-7-4-11-13(17(21)23-15(11)19)6-10(7)8-2-3-9-12(5-8)16(20)22-14(9)18/h2-3,5-6H,1,4H2. The van der Waals surface area contributed by atoms with Gasteiger partial charge in [-0.3, -0.25) is 0 Å². The first-order valence-electron chi connectivity index (χ1n) is 6.76. The number of cyclic esters (lactones) is 4. The van der Waals surface area contributed by atoms with E-state index < -0.39 is 23.9 Å². The van der Waals surface area contributed by atoms with Gasteiger partial charge in [-0.25, -0.2) is 19.2 Å². The van der Waals surface area contributed by atoms with Gasteiger partial charge in [-0.1, -0.05) is 12.6 Å². The molecule has 0 radical (unpaired) electrons. The summed E-state index contributed by atoms with van der Waals surface area (Å²) in [7, 11) is 0. The van der Waals surface area contributed by atoms with Crippen LogP contribution in [0.2, 0.25) is 0 Å². The fourth-order valence-electron chi connectivity index (χ4n) is 2.84. The summed E-state index contributed by atoms with van der Waals surface area (Å²) >= 11 is 0. The number of carbonyl (C=O) groups is 4. The Labute approximate surface area is 129 Å². The van der Waals surface area contributed by atoms with E-state index in [2.05, 4.69) is 16.1 Å². The van der Waals surface area contributed by atoms with E-state index in [-0.39, 0.29) is 23.1 Å². The van der Waals surface area contributed by atoms with Crippen molar-refractivity contribution < 1.29 is 28.7 Å². The molecule has 2 heterocycles. The molecule has 0 fully saturated rings. The van der Waals surface area contributed by atoms with Crippen LogP contribution in [0, 0.1) is 0 Å². The van der Waals surface area contributed by atoms with Gasteiger partial charge in [0, 0.05) is 6.42 Å². The number of fused-ring (bicyclic) bond motifs is 1. The van der Waals surface area contributed by atoms with Crippen LogP contribution >= 0.6 is 0 Å². The fourth-order valence-corrected chi connectivity index (χ4v) is 2.84. The average molecular weight is 308 g/mol. The normalized spacial score (nSPS) is 19.5. The smallest absolute Gasteiger partial charge is 0.346 e. The highest BCUT2D eigenvalue weighted by molar-refractivity contribution is 6.17. The van der Waals surface area contributed by atoms with Crippen molar-refractivity contribution in [1.29, 1.82) is 0 Å². The van der Waals surface area contributed by atoms with Gasteiger partial charge >= 0.3 is 23.9 Å². The first-order chi connectivity index (χ1) is 11.0. The van der Waals surface area contributed by atoms with Gasteiger partial charge in [0.05, 0.1) is 22.3 Å². The molecule has 0 saturated carbocycles. The zero-order chi connectivity index (χ0) is 16.3. The predicted molar refractivity (Wildman–Crippen MR) is 76.0 cm³/mol. The summed E-state index contributed by atoms with van der Waals surface area (Å²) < 4.78 is 9.14. The molecule has 3 aliphatic rings. The highest BCUT2D eigenvalue weighted by Gasteiger charge is 2.36. The minimum absolute atomic E-state index is 0.172. The van der Waals surface area contributed by atoms with E-state index in [1.165, 1.54) is 18.2 Å². The second kappa shape index (κ2) is 4.36. The van der Waals surface area contributed by atoms with E-state index >= 15 is 0 Å². The van der Waals surface area contributed by atoms with Crippen molar-refractivity contribution in [3.8, 4) is 0 Å². The first-order valence-corrected chi connectivity index (χ1v) is 6.76. The first kappa shape index (κ1) is 13.4. The second-order valence-corrected chi connectivity index (χ2v) is 5.34. The molecule has 0 atom stereocenters. The maximum atomic E-state index is 11.7. The molecule has 112 valence electrons. The van der Waals surface area contributed by atoms with Crippen molar-refractivity contribution in [2.45, 2.75) is 6.42 Å². The summed E-state index contributed by atoms with van der Waals surface area (Å²) in [6.45, 7) is 3.91. The summed E-state index contributed by atoms with van der Waals surface area (Å²) in [5.74, 6) is -2.72. The van der Waals surface area contributed by atoms with Crippen LogP contribution in [0.5, 0.6) is 0 Å². The number of esters is 4. The summed E-state index contributed by atoms with van der Waals surface area (Å²) in [5.41, 5.74) is 2.72. The van der Waals surface area contributed by atoms with Gasteiger partial charge in [0.1, 0.15) is 0 Å². The minimum atomic E-state index is -0.704. The molecule has 0 bridgehead atoms. The minimum Gasteiger partial charge on any atom is -0.386 e. The molecular weight excluding hydrogens is 300 g/mol. The van der Waals surface area contributed by atoms with E-state index in [0.29, 0.717) is 22.3 Å². The van der Waals surface area contributed by atoms with Crippen molar-refractivity contribution in [1.82, 2.24) is 0 Å². The number of ether oxygens (including phenoxy) is 2. The number of allylic oxidation sites excluding steroid dienone is 2. The lowest BCUT2D eigenvalue weighted by Gasteiger charge is -2.16. The molecule has 1 aromatic rings. The number of carbonyl (C=O) groups excluding carboxylic acids is 4. The van der Waals surface area contributed by atoms with Crippen molar-refractivity contribution in [2.24, 2.45) is 0 Å². The largest absolute Gasteiger partial charge is 0.386 e. The monoisotopic (exact) mass is 308 g/mol. The van der Waals surface area contributed by atoms with Gasteiger partial charge in [-0.05, 0) is 34.9 Å². The van der Waals surface area contributed by atoms with Gasteiger partial charge < -0.3 is 9.47 Å². The highest BCUT2D eigenvalue weighted by atomic mass is 16.6. The topological polar surface area (TPSA) is 86.7 Å². The summed E-state index contributed by atoms with van der Waals surface area (Å²) in [4.78, 5) is 46.4. The molecule has 0 amide bonds. The Morgan fingerprint density at radius 1 is 0.870 bits per heavy atom. The van der Waals surface area contributed by atoms with Crippen LogP contribution in [-0.2, 0) is 19.1 Å². The molecule has 0 spiro atoms. The number of benzene rings is 1. The lowest BCUT2D eigenvalue weighted by molar-refractivity contribution is -0.151. The number of rotatable bonds is 1. The van der Waals surface area contributed by atoms with Gasteiger partial charge in [0.2, 0.25) is 0 Å². The Bertz CT molecular complexity index is 928. The van der Waals surface area contributed by atoms with Crippen LogP contribution in [0.4, 0.5) is 0 Å². The maximum absolute atomic E-state index is 11.7. The van der Waals surface area contributed by atoms with E-state index in [9.17, 15) is 19.2 Å². The quantitative estimate of drug-likeness (QED) is 0.580. The fraction of sp³-hybridized carbons (Fsp3) is 0.0588. The van der Waals surface area contributed by atoms with Crippen LogP contribution < -0.4 is 0 Å². The Balaban J connectivity index is 1.84.